The van der Waals surface area contributed by atoms with E-state index in [0.29, 0.717) is 42.4 Å². The van der Waals surface area contributed by atoms with Crippen LogP contribution in [0.2, 0.25) is 0 Å². The molecule has 0 aromatic carbocycles. The predicted molar refractivity (Wildman–Crippen MR) is 137 cm³/mol. The molecule has 0 spiro atoms. The fourth-order valence-electron chi connectivity index (χ4n) is 8.56. The van der Waals surface area contributed by atoms with E-state index in [1.54, 1.807) is 0 Å². The summed E-state index contributed by atoms with van der Waals surface area (Å²) < 4.78 is 25.0. The van der Waals surface area contributed by atoms with Crippen LogP contribution in [-0.2, 0) is 14.8 Å². The number of aliphatic hydroxyl groups is 1. The lowest BCUT2D eigenvalue weighted by Gasteiger charge is -2.61. The molecule has 3 fully saturated rings. The molecule has 2 N–H and O–H groups in total. The Morgan fingerprint density at radius 1 is 1.00 bits per heavy atom. The molecule has 4 rings (SSSR count). The molecule has 7 atom stereocenters. The largest absolute Gasteiger partial charge is 0.390 e. The zero-order valence-electron chi connectivity index (χ0n) is 21.9. The van der Waals surface area contributed by atoms with Gasteiger partial charge in [0.05, 0.1) is 11.9 Å². The van der Waals surface area contributed by atoms with E-state index in [2.05, 4.69) is 25.5 Å². The predicted octanol–water partition coefficient (Wildman–Crippen LogP) is 5.39. The van der Waals surface area contributed by atoms with Crippen molar-refractivity contribution in [3.63, 3.8) is 0 Å². The zero-order chi connectivity index (χ0) is 24.8. The number of hydrogen-bond acceptors (Lipinski definition) is 4. The van der Waals surface area contributed by atoms with Crippen molar-refractivity contribution < 1.29 is 18.3 Å². The summed E-state index contributed by atoms with van der Waals surface area (Å²) in [6.07, 6.45) is 17.0. The Labute approximate surface area is 207 Å². The number of rotatable bonds is 9. The third-order valence-corrected chi connectivity index (χ3v) is 11.5. The van der Waals surface area contributed by atoms with Gasteiger partial charge in [0, 0.05) is 13.0 Å². The van der Waals surface area contributed by atoms with Crippen molar-refractivity contribution >= 4 is 15.8 Å². The molecule has 34 heavy (non-hydrogen) atoms. The first kappa shape index (κ1) is 26.3. The number of hydrogen-bond donors (Lipinski definition) is 2. The highest BCUT2D eigenvalue weighted by molar-refractivity contribution is 7.88. The molecule has 0 aromatic rings. The molecule has 5 nitrogen and oxygen atoms in total. The fraction of sp³-hybridized carbons (Fsp3) is 0.893. The van der Waals surface area contributed by atoms with E-state index in [-0.39, 0.29) is 10.8 Å². The molecule has 4 aliphatic rings. The van der Waals surface area contributed by atoms with Crippen LogP contribution >= 0.6 is 0 Å². The smallest absolute Gasteiger partial charge is 0.208 e. The zero-order valence-corrected chi connectivity index (χ0v) is 22.7. The molecular formula is C28H47NO4S. The second-order valence-electron chi connectivity index (χ2n) is 12.8. The molecule has 3 saturated carbocycles. The number of sulfonamides is 1. The van der Waals surface area contributed by atoms with Gasteiger partial charge in [-0.1, -0.05) is 45.1 Å². The quantitative estimate of drug-likeness (QED) is 0.422. The first-order valence-corrected chi connectivity index (χ1v) is 15.7. The van der Waals surface area contributed by atoms with Crippen molar-refractivity contribution in [1.29, 1.82) is 0 Å². The van der Waals surface area contributed by atoms with Crippen molar-refractivity contribution in [3.8, 4) is 0 Å². The van der Waals surface area contributed by atoms with Gasteiger partial charge in [0.2, 0.25) is 10.0 Å². The third kappa shape index (κ3) is 4.93. The Bertz CT molecular complexity index is 909. The summed E-state index contributed by atoms with van der Waals surface area (Å²) in [6, 6.07) is 0. The third-order valence-electron chi connectivity index (χ3n) is 10.8. The summed E-state index contributed by atoms with van der Waals surface area (Å²) >= 11 is 0. The Morgan fingerprint density at radius 3 is 2.41 bits per heavy atom. The van der Waals surface area contributed by atoms with Crippen LogP contribution < -0.4 is 4.72 Å². The van der Waals surface area contributed by atoms with Gasteiger partial charge in [0.25, 0.3) is 0 Å². The lowest BCUT2D eigenvalue weighted by molar-refractivity contribution is -0.135. The second kappa shape index (κ2) is 9.63. The highest BCUT2D eigenvalue weighted by Gasteiger charge is 2.64. The van der Waals surface area contributed by atoms with Crippen LogP contribution in [0.3, 0.4) is 0 Å². The van der Waals surface area contributed by atoms with Gasteiger partial charge in [-0.2, -0.15) is 0 Å². The van der Waals surface area contributed by atoms with Crippen molar-refractivity contribution in [3.05, 3.63) is 11.6 Å². The van der Waals surface area contributed by atoms with Crippen LogP contribution in [0.5, 0.6) is 0 Å². The van der Waals surface area contributed by atoms with Crippen LogP contribution in [0.4, 0.5) is 0 Å². The summed E-state index contributed by atoms with van der Waals surface area (Å²) in [5, 5.41) is 11.3. The Morgan fingerprint density at radius 2 is 1.68 bits per heavy atom. The van der Waals surface area contributed by atoms with E-state index in [1.807, 2.05) is 6.08 Å². The molecule has 0 saturated heterocycles. The Kier molecular flexibility index (Phi) is 7.46. The number of carbonyl (C=O) groups excluding carboxylic acids is 1. The van der Waals surface area contributed by atoms with E-state index in [0.717, 1.165) is 51.4 Å². The van der Waals surface area contributed by atoms with Gasteiger partial charge >= 0.3 is 0 Å². The number of nitrogens with one attached hydrogen (secondary N) is 1. The van der Waals surface area contributed by atoms with E-state index in [9.17, 15) is 18.3 Å². The standard InChI is InChI=1S/C28H47NO4S/c1-26-14-11-22(30)19-21(26)18-20(10-8-6-5-7-9-17-29-34(4,32)33)25-23(26)12-15-27(2)24(25)13-16-28(27,3)31/h19-20,23-25,29,31H,5-18H2,1-4H3/t20-,23+,24+,25-,26+,27+,28+/m1/s1. The van der Waals surface area contributed by atoms with Crippen molar-refractivity contribution in [2.45, 2.75) is 110 Å². The summed E-state index contributed by atoms with van der Waals surface area (Å²) in [4.78, 5) is 12.3. The number of allylic oxidation sites excluding steroid dienone is 1. The molecular weight excluding hydrogens is 446 g/mol. The molecule has 0 aromatic heterocycles. The van der Waals surface area contributed by atoms with Crippen LogP contribution in [0.25, 0.3) is 0 Å². The SMILES string of the molecule is C[C@]12CCC(=O)C=C1C[C@@H](CCCCCCCNS(C)(=O)=O)[C@@H]1[C@@H]2CC[C@@]2(C)[C@H]1CC[C@]2(C)O. The number of ketones is 1. The molecule has 4 aliphatic carbocycles. The molecule has 0 unspecified atom stereocenters. The van der Waals surface area contributed by atoms with Gasteiger partial charge in [-0.25, -0.2) is 13.1 Å². The van der Waals surface area contributed by atoms with Crippen LogP contribution in [0.15, 0.2) is 11.6 Å². The first-order chi connectivity index (χ1) is 15.9. The normalized spacial score (nSPS) is 42.0. The van der Waals surface area contributed by atoms with E-state index >= 15 is 0 Å². The van der Waals surface area contributed by atoms with Gasteiger partial charge in [-0.3, -0.25) is 4.79 Å². The topological polar surface area (TPSA) is 83.5 Å². The minimum Gasteiger partial charge on any atom is -0.390 e. The lowest BCUT2D eigenvalue weighted by Crippen LogP contribution is -2.56. The van der Waals surface area contributed by atoms with Crippen LogP contribution in [0, 0.1) is 34.5 Å². The molecule has 0 amide bonds. The first-order valence-electron chi connectivity index (χ1n) is 13.8. The highest BCUT2D eigenvalue weighted by Crippen LogP contribution is 2.69. The molecule has 194 valence electrons. The summed E-state index contributed by atoms with van der Waals surface area (Å²) in [6.45, 7) is 7.42. The van der Waals surface area contributed by atoms with Crippen molar-refractivity contribution in [2.24, 2.45) is 34.5 Å². The summed E-state index contributed by atoms with van der Waals surface area (Å²) in [5.74, 6) is 2.81. The Hall–Kier alpha value is -0.720. The van der Waals surface area contributed by atoms with Gasteiger partial charge < -0.3 is 5.11 Å². The van der Waals surface area contributed by atoms with Crippen molar-refractivity contribution in [1.82, 2.24) is 4.72 Å². The minimum absolute atomic E-state index is 0.0150. The average molecular weight is 494 g/mol. The average Bonchev–Trinajstić information content (AvgIpc) is 2.99. The lowest BCUT2D eigenvalue weighted by atomic mass is 9.44. The highest BCUT2D eigenvalue weighted by atomic mass is 32.2. The van der Waals surface area contributed by atoms with Crippen molar-refractivity contribution in [2.75, 3.05) is 12.8 Å². The molecule has 0 bridgehead atoms. The summed E-state index contributed by atoms with van der Waals surface area (Å²) in [5.41, 5.74) is 1.04. The van der Waals surface area contributed by atoms with Gasteiger partial charge in [0.1, 0.15) is 0 Å². The summed E-state index contributed by atoms with van der Waals surface area (Å²) in [7, 11) is -3.08. The van der Waals surface area contributed by atoms with Gasteiger partial charge in [0.15, 0.2) is 5.78 Å². The Balaban J connectivity index is 1.42. The van der Waals surface area contributed by atoms with Crippen LogP contribution in [-0.4, -0.2) is 37.7 Å². The molecule has 0 heterocycles. The van der Waals surface area contributed by atoms with Gasteiger partial charge in [-0.05, 0) is 98.9 Å². The minimum atomic E-state index is -3.08. The molecule has 0 aliphatic heterocycles. The second-order valence-corrected chi connectivity index (χ2v) is 14.6. The fourth-order valence-corrected chi connectivity index (χ4v) is 9.08. The molecule has 0 radical (unpaired) electrons. The molecule has 6 heteroatoms. The van der Waals surface area contributed by atoms with E-state index < -0.39 is 15.6 Å². The maximum atomic E-state index is 12.3. The maximum Gasteiger partial charge on any atom is 0.208 e. The van der Waals surface area contributed by atoms with E-state index in [4.69, 9.17) is 0 Å². The maximum absolute atomic E-state index is 12.3. The monoisotopic (exact) mass is 493 g/mol. The van der Waals surface area contributed by atoms with Gasteiger partial charge in [-0.15, -0.1) is 0 Å². The van der Waals surface area contributed by atoms with E-state index in [1.165, 1.54) is 37.5 Å². The number of carbonyl (C=O) groups is 1. The van der Waals surface area contributed by atoms with Crippen LogP contribution in [0.1, 0.15) is 104 Å². The number of fused-ring (bicyclic) bond motifs is 5. The number of unbranched alkanes of at least 4 members (excludes halogenated alkanes) is 4.